The van der Waals surface area contributed by atoms with Crippen LogP contribution in [0, 0.1) is 5.82 Å². The molecule has 2 aliphatic heterocycles. The first-order chi connectivity index (χ1) is 22.4. The Balaban J connectivity index is 1.20. The first-order valence-electron chi connectivity index (χ1n) is 14.9. The highest BCUT2D eigenvalue weighted by atomic mass is 35.5. The fraction of sp³-hybridized carbons (Fsp3) is 0.469. The number of aliphatic hydroxyl groups is 4. The lowest BCUT2D eigenvalue weighted by molar-refractivity contribution is -0.155. The third-order valence-corrected chi connectivity index (χ3v) is 8.53. The van der Waals surface area contributed by atoms with Crippen molar-refractivity contribution in [1.29, 1.82) is 0 Å². The normalized spacial score (nSPS) is 32.6. The number of aliphatic hydroxyl groups excluding tert-OH is 4. The number of carbonyl (C=O) groups excluding carboxylic acids is 1. The van der Waals surface area contributed by atoms with Crippen LogP contribution in [0.5, 0.6) is 17.2 Å². The zero-order valence-corrected chi connectivity index (χ0v) is 26.1. The number of amides is 1. The molecule has 6 N–H and O–H groups in total. The summed E-state index contributed by atoms with van der Waals surface area (Å²) in [5.74, 6) is -1.90. The molecule has 0 bridgehead atoms. The molecule has 0 unspecified atom stereocenters. The molecule has 3 aliphatic rings. The summed E-state index contributed by atoms with van der Waals surface area (Å²) in [4.78, 5) is 12.9. The van der Waals surface area contributed by atoms with Gasteiger partial charge in [-0.2, -0.15) is 0 Å². The lowest BCUT2D eigenvalue weighted by Gasteiger charge is -2.41. The molecule has 1 amide bonds. The number of hydrogen-bond donors (Lipinski definition) is 6. The monoisotopic (exact) mass is 683 g/mol. The van der Waals surface area contributed by atoms with E-state index in [0.717, 1.165) is 6.07 Å². The highest BCUT2D eigenvalue weighted by Crippen LogP contribution is 2.36. The smallest absolute Gasteiger partial charge is 0.247 e. The molecular weight excluding hydrogens is 648 g/mol. The topological polar surface area (TPSA) is 176 Å². The summed E-state index contributed by atoms with van der Waals surface area (Å²) in [5.41, 5.74) is 0.981. The zero-order chi connectivity index (χ0) is 34.0. The fourth-order valence-corrected chi connectivity index (χ4v) is 5.86. The number of benzene rings is 2. The van der Waals surface area contributed by atoms with E-state index in [4.69, 9.17) is 35.3 Å². The molecule has 2 heterocycles. The second-order valence-electron chi connectivity index (χ2n) is 11.4. The van der Waals surface area contributed by atoms with E-state index >= 15 is 4.39 Å². The summed E-state index contributed by atoms with van der Waals surface area (Å²) in [7, 11) is 0. The van der Waals surface area contributed by atoms with Gasteiger partial charge in [-0.25, -0.2) is 8.78 Å². The summed E-state index contributed by atoms with van der Waals surface area (Å²) >= 11 is 5.76. The number of alkyl halides is 1. The first kappa shape index (κ1) is 35.0. The van der Waals surface area contributed by atoms with Gasteiger partial charge in [0.05, 0.1) is 6.04 Å². The number of nitrogens with one attached hydrogen (secondary N) is 1. The summed E-state index contributed by atoms with van der Waals surface area (Å²) in [6, 6.07) is 6.78. The highest BCUT2D eigenvalue weighted by molar-refractivity contribution is 6.30. The van der Waals surface area contributed by atoms with Crippen LogP contribution in [0.2, 0.25) is 5.02 Å². The van der Waals surface area contributed by atoms with Crippen molar-refractivity contribution in [3.63, 3.8) is 0 Å². The van der Waals surface area contributed by atoms with Crippen molar-refractivity contribution in [3.05, 3.63) is 70.0 Å². The van der Waals surface area contributed by atoms with Gasteiger partial charge >= 0.3 is 0 Å². The number of ether oxygens (including phenoxy) is 5. The summed E-state index contributed by atoms with van der Waals surface area (Å²) in [6.07, 6.45) is -9.02. The molecule has 2 aromatic carbocycles. The SMILES string of the molecule is CC/C(=C/COc1ccc(Cl)cc1F)[C@H]1O[C@@H](Oc2ccc(/C=C(\C)C(=O)N[C@@H]3[C@H](O)[C@@H](O)[C@H]4OCO[C@H]4[C@@H]3O)cc2O)[C@@H](F)[C@@H]1O. The van der Waals surface area contributed by atoms with Gasteiger partial charge in [-0.15, -0.1) is 0 Å². The summed E-state index contributed by atoms with van der Waals surface area (Å²) < 4.78 is 56.2. The van der Waals surface area contributed by atoms with Gasteiger partial charge in [0.15, 0.2) is 29.2 Å². The van der Waals surface area contributed by atoms with Gasteiger partial charge in [-0.05, 0) is 67.0 Å². The van der Waals surface area contributed by atoms with Crippen LogP contribution >= 0.6 is 11.6 Å². The second kappa shape index (κ2) is 14.8. The van der Waals surface area contributed by atoms with Gasteiger partial charge in [-0.3, -0.25) is 4.79 Å². The van der Waals surface area contributed by atoms with E-state index < -0.39 is 78.7 Å². The quantitative estimate of drug-likeness (QED) is 0.160. The van der Waals surface area contributed by atoms with Gasteiger partial charge in [0.1, 0.15) is 56.1 Å². The number of hydrogen-bond acceptors (Lipinski definition) is 11. The van der Waals surface area contributed by atoms with Gasteiger partial charge in [0.25, 0.3) is 0 Å². The number of halogens is 3. The Morgan fingerprint density at radius 2 is 1.74 bits per heavy atom. The van der Waals surface area contributed by atoms with Crippen molar-refractivity contribution in [2.45, 2.75) is 81.5 Å². The van der Waals surface area contributed by atoms with Crippen LogP contribution in [0.4, 0.5) is 8.78 Å². The van der Waals surface area contributed by atoms with E-state index in [1.54, 1.807) is 13.0 Å². The largest absolute Gasteiger partial charge is 0.504 e. The van der Waals surface area contributed by atoms with Crippen LogP contribution in [-0.4, -0.2) is 106 Å². The Morgan fingerprint density at radius 1 is 1.04 bits per heavy atom. The maximum Gasteiger partial charge on any atom is 0.247 e. The van der Waals surface area contributed by atoms with Crippen LogP contribution in [0.1, 0.15) is 25.8 Å². The Morgan fingerprint density at radius 3 is 2.43 bits per heavy atom. The van der Waals surface area contributed by atoms with Crippen molar-refractivity contribution in [1.82, 2.24) is 5.32 Å². The predicted octanol–water partition coefficient (Wildman–Crippen LogP) is 2.13. The van der Waals surface area contributed by atoms with Crippen LogP contribution in [0.3, 0.4) is 0 Å². The third kappa shape index (κ3) is 7.55. The van der Waals surface area contributed by atoms with Gasteiger partial charge in [-0.1, -0.05) is 24.6 Å². The molecule has 0 radical (unpaired) electrons. The number of phenolic OH excluding ortho intramolecular Hbond substituents is 1. The average Bonchev–Trinajstić information content (AvgIpc) is 3.64. The molecule has 1 aliphatic carbocycles. The van der Waals surface area contributed by atoms with Crippen LogP contribution < -0.4 is 14.8 Å². The molecule has 0 aromatic heterocycles. The molecule has 2 aromatic rings. The van der Waals surface area contributed by atoms with E-state index in [-0.39, 0.29) is 35.5 Å². The summed E-state index contributed by atoms with van der Waals surface area (Å²) in [5, 5.41) is 55.2. The minimum absolute atomic E-state index is 0.0301. The number of rotatable bonds is 10. The molecule has 1 saturated carbocycles. The first-order valence-corrected chi connectivity index (χ1v) is 15.3. The van der Waals surface area contributed by atoms with Crippen LogP contribution in [-0.2, 0) is 19.0 Å². The molecule has 5 rings (SSSR count). The van der Waals surface area contributed by atoms with Crippen molar-refractivity contribution >= 4 is 23.6 Å². The minimum Gasteiger partial charge on any atom is -0.504 e. The van der Waals surface area contributed by atoms with Gasteiger partial charge in [0.2, 0.25) is 12.2 Å². The molecule has 10 atom stereocenters. The molecular formula is C32H36ClF2NO11. The number of fused-ring (bicyclic) bond motifs is 1. The van der Waals surface area contributed by atoms with Crippen molar-refractivity contribution < 1.29 is 62.8 Å². The number of aromatic hydroxyl groups is 1. The minimum atomic E-state index is -1.98. The Kier molecular flexibility index (Phi) is 11.0. The van der Waals surface area contributed by atoms with Crippen molar-refractivity contribution in [2.75, 3.05) is 13.4 Å². The molecule has 2 saturated heterocycles. The van der Waals surface area contributed by atoms with E-state index in [9.17, 15) is 34.7 Å². The van der Waals surface area contributed by atoms with Crippen LogP contribution in [0.15, 0.2) is 53.6 Å². The second-order valence-corrected chi connectivity index (χ2v) is 11.8. The molecule has 15 heteroatoms. The van der Waals surface area contributed by atoms with E-state index in [2.05, 4.69) is 5.32 Å². The zero-order valence-electron chi connectivity index (χ0n) is 25.3. The molecule has 256 valence electrons. The standard InChI is InChI=1S/C32H36ClF2NO11/c1-3-16(8-9-43-20-7-5-17(33)12-18(20)34)28-24(38)22(35)32(47-28)46-21-6-4-15(11-19(21)37)10-14(2)31(42)36-23-25(39)27(41)30-29(26(23)40)44-13-45-30/h4-8,10-12,22-30,32,37-41H,3,9,13H2,1-2H3,(H,36,42)/b14-10+,16-8-/t22-,23+,24-,25-,26+,27+,28+,29-,30+,32+/m0/s1. The maximum atomic E-state index is 15.1. The van der Waals surface area contributed by atoms with Crippen molar-refractivity contribution in [2.24, 2.45) is 0 Å². The third-order valence-electron chi connectivity index (χ3n) is 8.30. The van der Waals surface area contributed by atoms with Gasteiger partial charge in [0, 0.05) is 10.6 Å². The van der Waals surface area contributed by atoms with E-state index in [1.807, 2.05) is 0 Å². The predicted molar refractivity (Wildman–Crippen MR) is 162 cm³/mol. The Hall–Kier alpha value is -3.34. The highest BCUT2D eigenvalue weighted by Gasteiger charge is 2.53. The summed E-state index contributed by atoms with van der Waals surface area (Å²) in [6.45, 7) is 2.98. The Bertz CT molecular complexity index is 1510. The van der Waals surface area contributed by atoms with Gasteiger partial charge < -0.3 is 54.5 Å². The average molecular weight is 684 g/mol. The van der Waals surface area contributed by atoms with E-state index in [0.29, 0.717) is 17.6 Å². The molecule has 12 nitrogen and oxygen atoms in total. The molecule has 0 spiro atoms. The Labute approximate surface area is 273 Å². The maximum absolute atomic E-state index is 15.1. The van der Waals surface area contributed by atoms with E-state index in [1.165, 1.54) is 43.3 Å². The van der Waals surface area contributed by atoms with Crippen molar-refractivity contribution in [3.8, 4) is 17.2 Å². The molecule has 3 fully saturated rings. The number of carbonyl (C=O) groups is 1. The van der Waals surface area contributed by atoms with Crippen LogP contribution in [0.25, 0.3) is 6.08 Å². The fourth-order valence-electron chi connectivity index (χ4n) is 5.71. The molecule has 47 heavy (non-hydrogen) atoms. The number of phenols is 1. The lowest BCUT2D eigenvalue weighted by Crippen LogP contribution is -2.67. The lowest BCUT2D eigenvalue weighted by atomic mass is 9.83.